The molecule has 1 aromatic carbocycles. The average Bonchev–Trinajstić information content (AvgIpc) is 2.72. The Morgan fingerprint density at radius 3 is 2.45 bits per heavy atom. The number of amides is 1. The molecule has 5 heteroatoms. The summed E-state index contributed by atoms with van der Waals surface area (Å²) in [6.07, 6.45) is 1.23. The second-order valence-corrected chi connectivity index (χ2v) is 7.52. The number of halogens is 1. The highest BCUT2D eigenvalue weighted by molar-refractivity contribution is 6.30. The van der Waals surface area contributed by atoms with E-state index in [2.05, 4.69) is 5.32 Å². The van der Waals surface area contributed by atoms with Gasteiger partial charge in [0.15, 0.2) is 5.60 Å². The van der Waals surface area contributed by atoms with Gasteiger partial charge in [0, 0.05) is 16.1 Å². The number of aryl methyl sites for hydroxylation is 1. The van der Waals surface area contributed by atoms with Crippen LogP contribution in [0.5, 0.6) is 0 Å². The zero-order chi connectivity index (χ0) is 16.3. The van der Waals surface area contributed by atoms with Gasteiger partial charge in [0.1, 0.15) is 0 Å². The fourth-order valence-corrected chi connectivity index (χ4v) is 3.96. The smallest absolute Gasteiger partial charge is 0.313 e. The molecule has 3 rings (SSSR count). The molecule has 1 aliphatic heterocycles. The molecule has 2 unspecified atom stereocenters. The molecule has 1 aliphatic carbocycles. The van der Waals surface area contributed by atoms with Crippen molar-refractivity contribution in [3.63, 3.8) is 0 Å². The molecule has 0 spiro atoms. The molecule has 1 heterocycles. The van der Waals surface area contributed by atoms with E-state index in [4.69, 9.17) is 16.3 Å². The van der Waals surface area contributed by atoms with Crippen molar-refractivity contribution in [2.24, 2.45) is 10.8 Å². The van der Waals surface area contributed by atoms with E-state index in [0.29, 0.717) is 23.6 Å². The lowest BCUT2D eigenvalue weighted by atomic mass is 9.66. The number of rotatable bonds is 2. The van der Waals surface area contributed by atoms with Gasteiger partial charge >= 0.3 is 5.97 Å². The van der Waals surface area contributed by atoms with Crippen molar-refractivity contribution in [3.8, 4) is 0 Å². The predicted molar refractivity (Wildman–Crippen MR) is 84.8 cm³/mol. The Balaban J connectivity index is 1.94. The van der Waals surface area contributed by atoms with Crippen LogP contribution in [0.25, 0.3) is 0 Å². The Morgan fingerprint density at radius 1 is 1.27 bits per heavy atom. The minimum Gasteiger partial charge on any atom is -0.448 e. The molecule has 22 heavy (non-hydrogen) atoms. The molecule has 2 atom stereocenters. The lowest BCUT2D eigenvalue weighted by Crippen LogP contribution is -2.50. The van der Waals surface area contributed by atoms with Crippen LogP contribution in [0.4, 0.5) is 5.69 Å². The van der Waals surface area contributed by atoms with Crippen LogP contribution in [0, 0.1) is 17.8 Å². The molecule has 4 nitrogen and oxygen atoms in total. The number of carbonyl (C=O) groups excluding carboxylic acids is 2. The molecule has 1 saturated heterocycles. The highest BCUT2D eigenvalue weighted by Crippen LogP contribution is 2.65. The first kappa shape index (κ1) is 15.3. The monoisotopic (exact) mass is 321 g/mol. The third-order valence-corrected chi connectivity index (χ3v) is 6.12. The van der Waals surface area contributed by atoms with Crippen molar-refractivity contribution in [1.82, 2.24) is 0 Å². The lowest BCUT2D eigenvalue weighted by molar-refractivity contribution is -0.165. The number of carbonyl (C=O) groups is 2. The molecule has 0 radical (unpaired) electrons. The molecular formula is C17H20ClNO3. The van der Waals surface area contributed by atoms with Gasteiger partial charge in [0.2, 0.25) is 0 Å². The van der Waals surface area contributed by atoms with Crippen LogP contribution in [0.2, 0.25) is 5.02 Å². The fraction of sp³-hybridized carbons (Fsp3) is 0.529. The maximum atomic E-state index is 12.9. The van der Waals surface area contributed by atoms with Gasteiger partial charge in [0.25, 0.3) is 5.91 Å². The maximum Gasteiger partial charge on any atom is 0.313 e. The number of fused-ring (bicyclic) bond motifs is 2. The van der Waals surface area contributed by atoms with Crippen LogP contribution in [-0.4, -0.2) is 17.5 Å². The van der Waals surface area contributed by atoms with Gasteiger partial charge in [-0.15, -0.1) is 0 Å². The SMILES string of the molecule is Cc1cc(Cl)ccc1NC(=O)C12CCC(C)(C(=O)O1)C2(C)C. The van der Waals surface area contributed by atoms with E-state index in [9.17, 15) is 9.59 Å². The lowest BCUT2D eigenvalue weighted by Gasteiger charge is -2.35. The third-order valence-electron chi connectivity index (χ3n) is 5.89. The summed E-state index contributed by atoms with van der Waals surface area (Å²) in [6.45, 7) is 7.66. The summed E-state index contributed by atoms with van der Waals surface area (Å²) in [7, 11) is 0. The molecule has 2 bridgehead atoms. The van der Waals surface area contributed by atoms with Gasteiger partial charge in [-0.05, 0) is 50.5 Å². The van der Waals surface area contributed by atoms with Crippen molar-refractivity contribution in [2.75, 3.05) is 5.32 Å². The second-order valence-electron chi connectivity index (χ2n) is 7.09. The molecule has 0 aromatic heterocycles. The van der Waals surface area contributed by atoms with Gasteiger partial charge in [0.05, 0.1) is 5.41 Å². The van der Waals surface area contributed by atoms with E-state index in [0.717, 1.165) is 5.56 Å². The first-order chi connectivity index (χ1) is 10.1. The van der Waals surface area contributed by atoms with Crippen molar-refractivity contribution in [2.45, 2.75) is 46.1 Å². The molecule has 1 saturated carbocycles. The van der Waals surface area contributed by atoms with Gasteiger partial charge in [-0.25, -0.2) is 0 Å². The summed E-state index contributed by atoms with van der Waals surface area (Å²) in [5.74, 6) is -0.524. The van der Waals surface area contributed by atoms with Crippen LogP contribution >= 0.6 is 11.6 Å². The Hall–Kier alpha value is -1.55. The minimum atomic E-state index is -1.09. The van der Waals surface area contributed by atoms with Crippen molar-refractivity contribution >= 4 is 29.2 Å². The zero-order valence-corrected chi connectivity index (χ0v) is 14.0. The van der Waals surface area contributed by atoms with Crippen molar-refractivity contribution in [3.05, 3.63) is 28.8 Å². The summed E-state index contributed by atoms with van der Waals surface area (Å²) in [5, 5.41) is 3.54. The molecule has 1 N–H and O–H groups in total. The van der Waals surface area contributed by atoms with Crippen LogP contribution in [-0.2, 0) is 14.3 Å². The molecule has 1 aromatic rings. The first-order valence-corrected chi connectivity index (χ1v) is 7.83. The van der Waals surface area contributed by atoms with Gasteiger partial charge < -0.3 is 10.1 Å². The topological polar surface area (TPSA) is 55.4 Å². The number of esters is 1. The quantitative estimate of drug-likeness (QED) is 0.845. The number of benzene rings is 1. The van der Waals surface area contributed by atoms with E-state index in [1.807, 2.05) is 27.7 Å². The van der Waals surface area contributed by atoms with E-state index in [-0.39, 0.29) is 11.9 Å². The summed E-state index contributed by atoms with van der Waals surface area (Å²) < 4.78 is 5.59. The molecule has 2 aliphatic rings. The van der Waals surface area contributed by atoms with Gasteiger partial charge in [-0.2, -0.15) is 0 Å². The molecule has 1 amide bonds. The number of anilines is 1. The summed E-state index contributed by atoms with van der Waals surface area (Å²) in [6, 6.07) is 5.29. The number of hydrogen-bond donors (Lipinski definition) is 1. The minimum absolute atomic E-state index is 0.252. The largest absolute Gasteiger partial charge is 0.448 e. The highest BCUT2D eigenvalue weighted by Gasteiger charge is 2.75. The number of ether oxygens (including phenoxy) is 1. The Bertz CT molecular complexity index is 684. The first-order valence-electron chi connectivity index (χ1n) is 7.45. The Morgan fingerprint density at radius 2 is 1.95 bits per heavy atom. The Labute approximate surface area is 135 Å². The molecular weight excluding hydrogens is 302 g/mol. The number of hydrogen-bond acceptors (Lipinski definition) is 3. The third kappa shape index (κ3) is 1.70. The van der Waals surface area contributed by atoms with Gasteiger partial charge in [-0.1, -0.05) is 25.4 Å². The Kier molecular flexibility index (Phi) is 3.12. The average molecular weight is 322 g/mol. The van der Waals surface area contributed by atoms with Crippen LogP contribution in [0.3, 0.4) is 0 Å². The van der Waals surface area contributed by atoms with Crippen molar-refractivity contribution in [1.29, 1.82) is 0 Å². The van der Waals surface area contributed by atoms with Crippen LogP contribution < -0.4 is 5.32 Å². The summed E-state index contributed by atoms with van der Waals surface area (Å²) in [4.78, 5) is 25.1. The summed E-state index contributed by atoms with van der Waals surface area (Å²) in [5.41, 5.74) is -0.664. The maximum absolute atomic E-state index is 12.9. The molecule has 118 valence electrons. The standard InChI is InChI=1S/C17H20ClNO3/c1-10-9-11(18)5-6-12(10)19-13(20)17-8-7-16(4,14(21)22-17)15(17,2)3/h5-6,9H,7-8H2,1-4H3,(H,19,20). The zero-order valence-electron chi connectivity index (χ0n) is 13.2. The van der Waals surface area contributed by atoms with Gasteiger partial charge in [-0.3, -0.25) is 9.59 Å². The van der Waals surface area contributed by atoms with Crippen LogP contribution in [0.15, 0.2) is 18.2 Å². The normalized spacial score (nSPS) is 32.0. The molecule has 2 fully saturated rings. The highest BCUT2D eigenvalue weighted by atomic mass is 35.5. The fourth-order valence-electron chi connectivity index (χ4n) is 3.74. The number of nitrogens with one attached hydrogen (secondary N) is 1. The van der Waals surface area contributed by atoms with E-state index < -0.39 is 16.4 Å². The van der Waals surface area contributed by atoms with Crippen molar-refractivity contribution < 1.29 is 14.3 Å². The second kappa shape index (κ2) is 4.48. The van der Waals surface area contributed by atoms with E-state index in [1.54, 1.807) is 18.2 Å². The van der Waals surface area contributed by atoms with E-state index >= 15 is 0 Å². The van der Waals surface area contributed by atoms with E-state index in [1.165, 1.54) is 0 Å². The van der Waals surface area contributed by atoms with Crippen LogP contribution in [0.1, 0.15) is 39.2 Å². The summed E-state index contributed by atoms with van der Waals surface area (Å²) >= 11 is 5.94. The predicted octanol–water partition coefficient (Wildman–Crippen LogP) is 3.71.